The fourth-order valence-corrected chi connectivity index (χ4v) is 1.15. The van der Waals surface area contributed by atoms with Gasteiger partial charge in [0.2, 0.25) is 0 Å². The molecular formula is C8H7N2O2. The number of hydrogen-bond donors (Lipinski definition) is 1. The van der Waals surface area contributed by atoms with Crippen LogP contribution in [0.4, 0.5) is 16.2 Å². The summed E-state index contributed by atoms with van der Waals surface area (Å²) in [6.07, 6.45) is -0.484. The Labute approximate surface area is 69.3 Å². The zero-order valence-electron chi connectivity index (χ0n) is 6.26. The van der Waals surface area contributed by atoms with E-state index in [2.05, 4.69) is 5.32 Å². The third kappa shape index (κ3) is 0.972. The van der Waals surface area contributed by atoms with Crippen molar-refractivity contribution in [2.75, 3.05) is 5.32 Å². The van der Waals surface area contributed by atoms with Crippen LogP contribution >= 0.6 is 0 Å². The second kappa shape index (κ2) is 2.41. The number of fused-ring (bicyclic) bond motifs is 1. The second-order valence-electron chi connectivity index (χ2n) is 2.54. The van der Waals surface area contributed by atoms with Crippen LogP contribution < -0.4 is 11.1 Å². The lowest BCUT2D eigenvalue weighted by atomic mass is 10.1. The minimum atomic E-state index is -0.484. The van der Waals surface area contributed by atoms with Crippen molar-refractivity contribution in [3.8, 4) is 0 Å². The largest absolute Gasteiger partial charge is 0.444 e. The molecule has 2 N–H and O–H groups in total. The molecule has 0 atom stereocenters. The van der Waals surface area contributed by atoms with E-state index in [9.17, 15) is 4.79 Å². The lowest BCUT2D eigenvalue weighted by molar-refractivity contribution is 0.151. The number of para-hydroxylation sites is 1. The van der Waals surface area contributed by atoms with Gasteiger partial charge in [0.1, 0.15) is 6.61 Å². The number of anilines is 1. The lowest BCUT2D eigenvalue weighted by Gasteiger charge is -2.17. The van der Waals surface area contributed by atoms with Gasteiger partial charge in [0, 0.05) is 5.56 Å². The Morgan fingerprint density at radius 1 is 1.50 bits per heavy atom. The fraction of sp³-hybridized carbons (Fsp3) is 0.125. The van der Waals surface area contributed by atoms with E-state index in [1.807, 2.05) is 6.07 Å². The van der Waals surface area contributed by atoms with Crippen molar-refractivity contribution in [3.05, 3.63) is 23.8 Å². The van der Waals surface area contributed by atoms with E-state index >= 15 is 0 Å². The van der Waals surface area contributed by atoms with Crippen LogP contribution in [-0.2, 0) is 11.3 Å². The van der Waals surface area contributed by atoms with Crippen molar-refractivity contribution < 1.29 is 9.53 Å². The van der Waals surface area contributed by atoms with Crippen molar-refractivity contribution in [2.24, 2.45) is 0 Å². The van der Waals surface area contributed by atoms with Gasteiger partial charge in [-0.3, -0.25) is 11.1 Å². The molecule has 1 aromatic rings. The maximum Gasteiger partial charge on any atom is 0.412 e. The molecule has 2 rings (SSSR count). The van der Waals surface area contributed by atoms with Gasteiger partial charge in [-0.25, -0.2) is 4.79 Å². The number of benzene rings is 1. The number of rotatable bonds is 0. The standard InChI is InChI=1S/C8H7N2O2/c9-6-3-1-2-5-4-12-8(11)10-7(5)6/h1-3,9H,4H2,(H,10,11). The smallest absolute Gasteiger partial charge is 0.412 e. The van der Waals surface area contributed by atoms with Gasteiger partial charge in [-0.1, -0.05) is 12.1 Å². The zero-order valence-corrected chi connectivity index (χ0v) is 6.26. The van der Waals surface area contributed by atoms with Crippen LogP contribution in [0.15, 0.2) is 18.2 Å². The number of ether oxygens (including phenoxy) is 1. The van der Waals surface area contributed by atoms with E-state index in [1.54, 1.807) is 12.1 Å². The third-order valence-electron chi connectivity index (χ3n) is 1.74. The minimum absolute atomic E-state index is 0.258. The number of hydrogen-bond acceptors (Lipinski definition) is 2. The van der Waals surface area contributed by atoms with Crippen LogP contribution in [-0.4, -0.2) is 6.09 Å². The highest BCUT2D eigenvalue weighted by Crippen LogP contribution is 2.28. The summed E-state index contributed by atoms with van der Waals surface area (Å²) in [4.78, 5) is 10.8. The topological polar surface area (TPSA) is 62.1 Å². The second-order valence-corrected chi connectivity index (χ2v) is 2.54. The summed E-state index contributed by atoms with van der Waals surface area (Å²) in [5, 5.41) is 2.48. The van der Waals surface area contributed by atoms with Crippen molar-refractivity contribution in [2.45, 2.75) is 6.61 Å². The molecule has 1 aliphatic heterocycles. The Morgan fingerprint density at radius 3 is 3.17 bits per heavy atom. The van der Waals surface area contributed by atoms with Crippen LogP contribution in [0.1, 0.15) is 5.56 Å². The molecule has 0 spiro atoms. The predicted molar refractivity (Wildman–Crippen MR) is 43.0 cm³/mol. The van der Waals surface area contributed by atoms with Gasteiger partial charge in [0.05, 0.1) is 11.4 Å². The van der Waals surface area contributed by atoms with Crippen molar-refractivity contribution >= 4 is 17.5 Å². The molecule has 1 radical (unpaired) electrons. The summed E-state index contributed by atoms with van der Waals surface area (Å²) < 4.78 is 4.73. The van der Waals surface area contributed by atoms with E-state index in [0.29, 0.717) is 11.4 Å². The maximum atomic E-state index is 10.8. The molecule has 4 nitrogen and oxygen atoms in total. The first-order valence-electron chi connectivity index (χ1n) is 3.54. The van der Waals surface area contributed by atoms with Gasteiger partial charge < -0.3 is 4.74 Å². The molecule has 1 amide bonds. The summed E-state index contributed by atoms with van der Waals surface area (Å²) in [6, 6.07) is 5.22. The number of carbonyl (C=O) groups excluding carboxylic acids is 1. The van der Waals surface area contributed by atoms with Crippen LogP contribution in [0, 0.1) is 0 Å². The highest BCUT2D eigenvalue weighted by Gasteiger charge is 2.16. The van der Waals surface area contributed by atoms with E-state index in [0.717, 1.165) is 5.56 Å². The fourth-order valence-electron chi connectivity index (χ4n) is 1.15. The predicted octanol–water partition coefficient (Wildman–Crippen LogP) is 1.66. The summed E-state index contributed by atoms with van der Waals surface area (Å²) >= 11 is 0. The average Bonchev–Trinajstić information content (AvgIpc) is 2.07. The van der Waals surface area contributed by atoms with E-state index in [1.165, 1.54) is 0 Å². The maximum absolute atomic E-state index is 10.8. The van der Waals surface area contributed by atoms with Crippen molar-refractivity contribution in [1.82, 2.24) is 5.73 Å². The van der Waals surface area contributed by atoms with Gasteiger partial charge in [0.15, 0.2) is 0 Å². The first kappa shape index (κ1) is 6.97. The van der Waals surface area contributed by atoms with Gasteiger partial charge in [-0.05, 0) is 6.07 Å². The molecule has 1 aliphatic rings. The number of amides is 1. The molecule has 0 saturated carbocycles. The molecule has 1 heterocycles. The van der Waals surface area contributed by atoms with Crippen LogP contribution in [0.3, 0.4) is 0 Å². The molecule has 0 aliphatic carbocycles. The molecule has 1 aromatic carbocycles. The van der Waals surface area contributed by atoms with Crippen molar-refractivity contribution in [3.63, 3.8) is 0 Å². The van der Waals surface area contributed by atoms with Gasteiger partial charge in [-0.2, -0.15) is 0 Å². The Morgan fingerprint density at radius 2 is 2.33 bits per heavy atom. The Balaban J connectivity index is 2.50. The van der Waals surface area contributed by atoms with Gasteiger partial charge >= 0.3 is 6.09 Å². The van der Waals surface area contributed by atoms with Crippen LogP contribution in [0.2, 0.25) is 0 Å². The van der Waals surface area contributed by atoms with Crippen LogP contribution in [0.5, 0.6) is 0 Å². The molecule has 4 heteroatoms. The quantitative estimate of drug-likeness (QED) is 0.632. The highest BCUT2D eigenvalue weighted by atomic mass is 16.5. The molecule has 0 fully saturated rings. The van der Waals surface area contributed by atoms with E-state index < -0.39 is 6.09 Å². The normalized spacial score (nSPS) is 14.5. The molecule has 0 saturated heterocycles. The summed E-state index contributed by atoms with van der Waals surface area (Å²) in [5.74, 6) is 0. The first-order valence-corrected chi connectivity index (χ1v) is 3.54. The molecule has 61 valence electrons. The molecule has 0 aromatic heterocycles. The minimum Gasteiger partial charge on any atom is -0.444 e. The SMILES string of the molecule is [NH]c1cccc2c1NC(=O)OC2. The third-order valence-corrected chi connectivity index (χ3v) is 1.74. The number of cyclic esters (lactones) is 1. The van der Waals surface area contributed by atoms with E-state index in [-0.39, 0.29) is 6.61 Å². The average molecular weight is 163 g/mol. The Hall–Kier alpha value is -1.71. The Kier molecular flexibility index (Phi) is 1.40. The number of nitrogens with one attached hydrogen (secondary N) is 2. The molecular weight excluding hydrogens is 156 g/mol. The summed E-state index contributed by atoms with van der Waals surface area (Å²) in [6.45, 7) is 0.258. The van der Waals surface area contributed by atoms with Crippen LogP contribution in [0.25, 0.3) is 0 Å². The highest BCUT2D eigenvalue weighted by molar-refractivity contribution is 5.91. The summed E-state index contributed by atoms with van der Waals surface area (Å²) in [7, 11) is 0. The molecule has 0 unspecified atom stereocenters. The van der Waals surface area contributed by atoms with Gasteiger partial charge in [0.25, 0.3) is 0 Å². The monoisotopic (exact) mass is 163 g/mol. The summed E-state index contributed by atoms with van der Waals surface area (Å²) in [5.41, 5.74) is 9.20. The molecule has 0 bridgehead atoms. The zero-order chi connectivity index (χ0) is 8.55. The lowest BCUT2D eigenvalue weighted by Crippen LogP contribution is -2.20. The van der Waals surface area contributed by atoms with E-state index in [4.69, 9.17) is 10.5 Å². The van der Waals surface area contributed by atoms with Crippen molar-refractivity contribution in [1.29, 1.82) is 0 Å². The number of carbonyl (C=O) groups is 1. The first-order chi connectivity index (χ1) is 5.77. The molecule has 12 heavy (non-hydrogen) atoms. The Bertz CT molecular complexity index is 336. The van der Waals surface area contributed by atoms with Gasteiger partial charge in [-0.15, -0.1) is 0 Å².